The molecule has 0 radical (unpaired) electrons. The second-order valence-corrected chi connectivity index (χ2v) is 7.16. The zero-order valence-corrected chi connectivity index (χ0v) is 15.8. The van der Waals surface area contributed by atoms with E-state index in [0.29, 0.717) is 48.0 Å². The van der Waals surface area contributed by atoms with E-state index in [2.05, 4.69) is 11.9 Å². The Morgan fingerprint density at radius 2 is 2.07 bits per heavy atom. The third-order valence-electron chi connectivity index (χ3n) is 4.50. The van der Waals surface area contributed by atoms with Gasteiger partial charge in [0.1, 0.15) is 10.4 Å². The van der Waals surface area contributed by atoms with Crippen LogP contribution in [0.3, 0.4) is 0 Å². The molecule has 0 bridgehead atoms. The Kier molecular flexibility index (Phi) is 4.89. The molecule has 1 amide bonds. The van der Waals surface area contributed by atoms with Gasteiger partial charge in [0.2, 0.25) is 11.3 Å². The molecule has 1 aromatic carbocycles. The van der Waals surface area contributed by atoms with Crippen LogP contribution in [0.2, 0.25) is 0 Å². The summed E-state index contributed by atoms with van der Waals surface area (Å²) in [5.41, 5.74) is 2.09. The van der Waals surface area contributed by atoms with Gasteiger partial charge in [-0.05, 0) is 23.8 Å². The molecule has 144 valence electrons. The fraction of sp³-hybridized carbons (Fsp3) is 0.200. The number of morpholine rings is 1. The molecular formula is C20H18N2O5S. The van der Waals surface area contributed by atoms with Crippen molar-refractivity contribution in [2.45, 2.75) is 0 Å². The number of anilines is 2. The first kappa shape index (κ1) is 18.3. The van der Waals surface area contributed by atoms with Gasteiger partial charge < -0.3 is 24.5 Å². The molecule has 1 aliphatic rings. The maximum absolute atomic E-state index is 12.6. The largest absolute Gasteiger partial charge is 0.506 e. The number of phenols is 1. The molecule has 8 heteroatoms. The minimum atomic E-state index is -0.427. The number of carbonyl (C=O) groups excluding carboxylic acids is 1. The Bertz CT molecular complexity index is 1110. The van der Waals surface area contributed by atoms with Gasteiger partial charge in [0, 0.05) is 30.1 Å². The number of nitrogens with zero attached hydrogens (tertiary/aromatic N) is 1. The molecular weight excluding hydrogens is 380 g/mol. The summed E-state index contributed by atoms with van der Waals surface area (Å²) in [5, 5.41) is 14.4. The van der Waals surface area contributed by atoms with Gasteiger partial charge in [-0.3, -0.25) is 9.59 Å². The van der Waals surface area contributed by atoms with Crippen molar-refractivity contribution in [1.82, 2.24) is 0 Å². The first-order chi connectivity index (χ1) is 13.6. The predicted molar refractivity (Wildman–Crippen MR) is 109 cm³/mol. The summed E-state index contributed by atoms with van der Waals surface area (Å²) in [6, 6.07) is 6.35. The first-order valence-electron chi connectivity index (χ1n) is 8.71. The van der Waals surface area contributed by atoms with Crippen molar-refractivity contribution < 1.29 is 19.1 Å². The van der Waals surface area contributed by atoms with Crippen molar-refractivity contribution in [3.8, 4) is 16.9 Å². The van der Waals surface area contributed by atoms with E-state index in [-0.39, 0.29) is 16.9 Å². The van der Waals surface area contributed by atoms with E-state index >= 15 is 0 Å². The van der Waals surface area contributed by atoms with Crippen LogP contribution in [-0.2, 0) is 9.53 Å². The fourth-order valence-corrected chi connectivity index (χ4v) is 3.97. The Labute approximate surface area is 164 Å². The van der Waals surface area contributed by atoms with Crippen LogP contribution in [0.4, 0.5) is 11.6 Å². The highest BCUT2D eigenvalue weighted by atomic mass is 32.1. The molecule has 0 atom stereocenters. The molecule has 0 unspecified atom stereocenters. The van der Waals surface area contributed by atoms with Gasteiger partial charge in [-0.15, -0.1) is 11.3 Å². The molecule has 28 heavy (non-hydrogen) atoms. The number of carbonyl (C=O) groups is 1. The molecule has 0 saturated carbocycles. The Morgan fingerprint density at radius 1 is 1.29 bits per heavy atom. The molecule has 4 rings (SSSR count). The number of aromatic hydroxyl groups is 1. The van der Waals surface area contributed by atoms with Crippen LogP contribution in [0.25, 0.3) is 21.4 Å². The molecule has 1 aliphatic heterocycles. The monoisotopic (exact) mass is 398 g/mol. The molecule has 7 nitrogen and oxygen atoms in total. The van der Waals surface area contributed by atoms with Gasteiger partial charge in [-0.25, -0.2) is 0 Å². The molecule has 0 aliphatic carbocycles. The lowest BCUT2D eigenvalue weighted by atomic mass is 10.1. The highest BCUT2D eigenvalue weighted by Crippen LogP contribution is 2.37. The van der Waals surface area contributed by atoms with Crippen molar-refractivity contribution >= 4 is 39.1 Å². The van der Waals surface area contributed by atoms with Gasteiger partial charge in [0.05, 0.1) is 18.9 Å². The maximum Gasteiger partial charge on any atom is 0.247 e. The number of fused-ring (bicyclic) bond motifs is 1. The lowest BCUT2D eigenvalue weighted by molar-refractivity contribution is -0.111. The molecule has 0 spiro atoms. The number of rotatable bonds is 4. The molecule has 3 heterocycles. The minimum absolute atomic E-state index is 0.0612. The summed E-state index contributed by atoms with van der Waals surface area (Å²) in [5.74, 6) is 0.0251. The van der Waals surface area contributed by atoms with Crippen molar-refractivity contribution in [1.29, 1.82) is 0 Å². The Morgan fingerprint density at radius 3 is 2.82 bits per heavy atom. The summed E-state index contributed by atoms with van der Waals surface area (Å²) in [6.07, 6.45) is 1.12. The number of thiophene rings is 1. The third-order valence-corrected chi connectivity index (χ3v) is 5.48. The summed E-state index contributed by atoms with van der Waals surface area (Å²) in [4.78, 5) is 26.2. The van der Waals surface area contributed by atoms with Crippen LogP contribution in [0.1, 0.15) is 0 Å². The Hall–Kier alpha value is -3.10. The number of hydrogen-bond acceptors (Lipinski definition) is 7. The topological polar surface area (TPSA) is 92.0 Å². The number of benzene rings is 1. The maximum atomic E-state index is 12.6. The fourth-order valence-electron chi connectivity index (χ4n) is 3.06. The van der Waals surface area contributed by atoms with Crippen LogP contribution in [-0.4, -0.2) is 37.3 Å². The van der Waals surface area contributed by atoms with E-state index in [1.54, 1.807) is 12.1 Å². The zero-order chi connectivity index (χ0) is 19.7. The van der Waals surface area contributed by atoms with Crippen LogP contribution < -0.4 is 15.6 Å². The van der Waals surface area contributed by atoms with Gasteiger partial charge in [-0.2, -0.15) is 0 Å². The molecule has 2 aromatic heterocycles. The van der Waals surface area contributed by atoms with Crippen molar-refractivity contribution in [3.05, 3.63) is 52.5 Å². The van der Waals surface area contributed by atoms with E-state index < -0.39 is 5.91 Å². The lowest BCUT2D eigenvalue weighted by Crippen LogP contribution is -2.36. The van der Waals surface area contributed by atoms with Crippen LogP contribution in [0.15, 0.2) is 51.5 Å². The summed E-state index contributed by atoms with van der Waals surface area (Å²) < 4.78 is 12.0. The van der Waals surface area contributed by atoms with Crippen LogP contribution in [0.5, 0.6) is 5.75 Å². The quantitative estimate of drug-likeness (QED) is 0.518. The van der Waals surface area contributed by atoms with Gasteiger partial charge in [-0.1, -0.05) is 12.6 Å². The molecule has 1 saturated heterocycles. The van der Waals surface area contributed by atoms with Gasteiger partial charge in [0.25, 0.3) is 0 Å². The number of nitrogens with one attached hydrogen (secondary N) is 1. The summed E-state index contributed by atoms with van der Waals surface area (Å²) >= 11 is 1.30. The molecule has 3 aromatic rings. The predicted octanol–water partition coefficient (Wildman–Crippen LogP) is 3.19. The number of hydrogen-bond donors (Lipinski definition) is 2. The Balaban J connectivity index is 1.79. The summed E-state index contributed by atoms with van der Waals surface area (Å²) in [7, 11) is 0. The van der Waals surface area contributed by atoms with E-state index in [1.165, 1.54) is 23.5 Å². The van der Waals surface area contributed by atoms with Gasteiger partial charge in [0.15, 0.2) is 11.5 Å². The smallest absolute Gasteiger partial charge is 0.247 e. The average molecular weight is 398 g/mol. The van der Waals surface area contributed by atoms with Crippen LogP contribution >= 0.6 is 11.3 Å². The number of ether oxygens (including phenoxy) is 1. The van der Waals surface area contributed by atoms with Gasteiger partial charge >= 0.3 is 0 Å². The molecule has 2 N–H and O–H groups in total. The normalized spacial score (nSPS) is 14.2. The molecule has 1 fully saturated rings. The highest BCUT2D eigenvalue weighted by molar-refractivity contribution is 7.17. The second kappa shape index (κ2) is 7.49. The zero-order valence-electron chi connectivity index (χ0n) is 14.9. The minimum Gasteiger partial charge on any atom is -0.506 e. The highest BCUT2D eigenvalue weighted by Gasteiger charge is 2.19. The SMILES string of the molecule is C=CC(=O)Nc1cc(-c2csc3c(=O)cc(N4CCOCC4)oc23)ccc1O. The first-order valence-corrected chi connectivity index (χ1v) is 9.59. The lowest BCUT2D eigenvalue weighted by Gasteiger charge is -2.27. The van der Waals surface area contributed by atoms with Crippen molar-refractivity contribution in [2.75, 3.05) is 36.5 Å². The third kappa shape index (κ3) is 3.39. The van der Waals surface area contributed by atoms with E-state index in [4.69, 9.17) is 9.15 Å². The number of amides is 1. The average Bonchev–Trinajstić information content (AvgIpc) is 3.15. The van der Waals surface area contributed by atoms with Crippen LogP contribution in [0, 0.1) is 0 Å². The second-order valence-electron chi connectivity index (χ2n) is 6.28. The van der Waals surface area contributed by atoms with E-state index in [9.17, 15) is 14.7 Å². The summed E-state index contributed by atoms with van der Waals surface area (Å²) in [6.45, 7) is 5.90. The number of phenolic OH excluding ortho intramolecular Hbond substituents is 1. The van der Waals surface area contributed by atoms with Crippen molar-refractivity contribution in [2.24, 2.45) is 0 Å². The standard InChI is InChI=1S/C20H18N2O5S/c1-2-17(25)21-14-9-12(3-4-15(14)23)13-11-28-20-16(24)10-18(27-19(13)20)22-5-7-26-8-6-22/h2-4,9-11,23H,1,5-8H2,(H,21,25). The van der Waals surface area contributed by atoms with E-state index in [0.717, 1.165) is 11.6 Å². The van der Waals surface area contributed by atoms with E-state index in [1.807, 2.05) is 10.3 Å². The van der Waals surface area contributed by atoms with Crippen molar-refractivity contribution in [3.63, 3.8) is 0 Å².